The summed E-state index contributed by atoms with van der Waals surface area (Å²) in [6, 6.07) is 0. The molecule has 0 atom stereocenters. The van der Waals surface area contributed by atoms with Gasteiger partial charge in [-0.15, -0.1) is 11.3 Å². The van der Waals surface area contributed by atoms with Crippen molar-refractivity contribution in [1.29, 1.82) is 0 Å². The van der Waals surface area contributed by atoms with Gasteiger partial charge in [-0.25, -0.2) is 9.78 Å². The maximum Gasteiger partial charge on any atom is 0.347 e. The first-order valence-electron chi connectivity index (χ1n) is 5.29. The van der Waals surface area contributed by atoms with Gasteiger partial charge in [-0.1, -0.05) is 13.8 Å². The monoisotopic (exact) mass is 242 g/mol. The van der Waals surface area contributed by atoms with E-state index in [4.69, 9.17) is 5.11 Å². The first-order chi connectivity index (χ1) is 7.41. The van der Waals surface area contributed by atoms with Gasteiger partial charge in [0.15, 0.2) is 0 Å². The molecular weight excluding hydrogens is 224 g/mol. The zero-order valence-corrected chi connectivity index (χ0v) is 11.0. The van der Waals surface area contributed by atoms with E-state index < -0.39 is 5.97 Å². The van der Waals surface area contributed by atoms with Crippen molar-refractivity contribution in [3.8, 4) is 0 Å². The largest absolute Gasteiger partial charge is 0.477 e. The van der Waals surface area contributed by atoms with Crippen molar-refractivity contribution in [2.45, 2.75) is 26.2 Å². The number of nitrogens with zero attached hydrogens (tertiary/aromatic N) is 2. The van der Waals surface area contributed by atoms with Crippen molar-refractivity contribution >= 4 is 17.3 Å². The number of carboxylic acid groups (broad SMARTS) is 1. The first-order valence-corrected chi connectivity index (χ1v) is 6.11. The highest BCUT2D eigenvalue weighted by Crippen LogP contribution is 2.25. The first kappa shape index (κ1) is 13.1. The van der Waals surface area contributed by atoms with Crippen LogP contribution in [0.5, 0.6) is 0 Å². The summed E-state index contributed by atoms with van der Waals surface area (Å²) in [5.41, 5.74) is 0.714. The fourth-order valence-electron chi connectivity index (χ4n) is 1.35. The lowest BCUT2D eigenvalue weighted by molar-refractivity contribution is 0.0700. The molecule has 0 aromatic carbocycles. The summed E-state index contributed by atoms with van der Waals surface area (Å²) in [5.74, 6) is -0.701. The minimum Gasteiger partial charge on any atom is -0.477 e. The molecule has 1 aromatic heterocycles. The molecule has 0 aliphatic heterocycles. The number of aromatic nitrogens is 1. The molecule has 4 nitrogen and oxygen atoms in total. The Labute approximate surface area is 99.9 Å². The van der Waals surface area contributed by atoms with Crippen LogP contribution in [0.1, 0.15) is 40.1 Å². The van der Waals surface area contributed by atoms with Gasteiger partial charge in [0.2, 0.25) is 0 Å². The fraction of sp³-hybridized carbons (Fsp3) is 0.636. The predicted molar refractivity (Wildman–Crippen MR) is 65.4 cm³/mol. The van der Waals surface area contributed by atoms with E-state index in [-0.39, 0.29) is 5.92 Å². The van der Waals surface area contributed by atoms with Crippen molar-refractivity contribution in [3.05, 3.63) is 15.6 Å². The number of likely N-dealkylation sites (N-methyl/N-ethyl adjacent to an activating group) is 1. The molecule has 0 radical (unpaired) electrons. The molecule has 0 fully saturated rings. The number of carbonyl (C=O) groups is 1. The highest BCUT2D eigenvalue weighted by Gasteiger charge is 2.19. The number of hydrogen-bond donors (Lipinski definition) is 1. The van der Waals surface area contributed by atoms with Gasteiger partial charge in [0.05, 0.1) is 10.7 Å². The second-order valence-corrected chi connectivity index (χ2v) is 5.42. The highest BCUT2D eigenvalue weighted by atomic mass is 32.1. The molecule has 1 aromatic rings. The van der Waals surface area contributed by atoms with Crippen LogP contribution in [0, 0.1) is 0 Å². The molecule has 16 heavy (non-hydrogen) atoms. The molecular formula is C11H18N2O2S. The molecule has 1 rings (SSSR count). The Morgan fingerprint density at radius 3 is 2.50 bits per heavy atom. The Balaban J connectivity index is 2.88. The minimum atomic E-state index is -0.864. The van der Waals surface area contributed by atoms with Gasteiger partial charge in [0, 0.05) is 13.0 Å². The fourth-order valence-corrected chi connectivity index (χ4v) is 2.39. The third kappa shape index (κ3) is 3.28. The summed E-state index contributed by atoms with van der Waals surface area (Å²) < 4.78 is 0. The van der Waals surface area contributed by atoms with Crippen LogP contribution in [0.15, 0.2) is 0 Å². The Kier molecular flexibility index (Phi) is 4.44. The van der Waals surface area contributed by atoms with Crippen LogP contribution in [0.3, 0.4) is 0 Å². The Hall–Kier alpha value is -0.940. The molecule has 0 aliphatic carbocycles. The van der Waals surface area contributed by atoms with Gasteiger partial charge in [0.1, 0.15) is 4.88 Å². The second kappa shape index (κ2) is 5.41. The molecule has 1 heterocycles. The van der Waals surface area contributed by atoms with Crippen molar-refractivity contribution in [2.75, 3.05) is 20.6 Å². The number of carboxylic acids is 1. The lowest BCUT2D eigenvalue weighted by Gasteiger charge is -2.06. The van der Waals surface area contributed by atoms with Crippen molar-refractivity contribution < 1.29 is 9.90 Å². The normalized spacial score (nSPS) is 11.4. The van der Waals surface area contributed by atoms with Crippen LogP contribution in [0.4, 0.5) is 0 Å². The number of thiazole rings is 1. The molecule has 0 bridgehead atoms. The number of hydrogen-bond acceptors (Lipinski definition) is 4. The van der Waals surface area contributed by atoms with Gasteiger partial charge in [-0.05, 0) is 20.0 Å². The maximum absolute atomic E-state index is 11.0. The zero-order valence-electron chi connectivity index (χ0n) is 10.1. The molecule has 0 unspecified atom stereocenters. The van der Waals surface area contributed by atoms with E-state index in [1.165, 1.54) is 11.3 Å². The van der Waals surface area contributed by atoms with Crippen molar-refractivity contribution in [2.24, 2.45) is 0 Å². The average molecular weight is 242 g/mol. The third-order valence-corrected chi connectivity index (χ3v) is 3.33. The molecule has 0 aliphatic rings. The average Bonchev–Trinajstić information content (AvgIpc) is 2.58. The van der Waals surface area contributed by atoms with E-state index in [2.05, 4.69) is 9.88 Å². The van der Waals surface area contributed by atoms with Gasteiger partial charge in [-0.2, -0.15) is 0 Å². The van der Waals surface area contributed by atoms with E-state index in [1.54, 1.807) is 0 Å². The summed E-state index contributed by atoms with van der Waals surface area (Å²) in [5, 5.41) is 9.98. The maximum atomic E-state index is 11.0. The van der Waals surface area contributed by atoms with Gasteiger partial charge >= 0.3 is 5.97 Å². The highest BCUT2D eigenvalue weighted by molar-refractivity contribution is 7.13. The Morgan fingerprint density at radius 2 is 2.12 bits per heavy atom. The van der Waals surface area contributed by atoms with Crippen LogP contribution in [-0.4, -0.2) is 41.6 Å². The van der Waals surface area contributed by atoms with E-state index in [0.717, 1.165) is 18.0 Å². The van der Waals surface area contributed by atoms with Crippen LogP contribution in [0.25, 0.3) is 0 Å². The SMILES string of the molecule is CC(C)c1nc(CCN(C)C)sc1C(=O)O. The molecule has 1 N–H and O–H groups in total. The van der Waals surface area contributed by atoms with Crippen LogP contribution in [0.2, 0.25) is 0 Å². The molecule has 0 spiro atoms. The molecule has 90 valence electrons. The summed E-state index contributed by atoms with van der Waals surface area (Å²) in [6.45, 7) is 4.83. The van der Waals surface area contributed by atoms with E-state index in [0.29, 0.717) is 10.6 Å². The quantitative estimate of drug-likeness (QED) is 0.858. The lowest BCUT2D eigenvalue weighted by Crippen LogP contribution is -2.14. The molecule has 5 heteroatoms. The summed E-state index contributed by atoms with van der Waals surface area (Å²) in [7, 11) is 3.99. The Morgan fingerprint density at radius 1 is 1.50 bits per heavy atom. The number of rotatable bonds is 5. The molecule has 0 amide bonds. The van der Waals surface area contributed by atoms with E-state index in [9.17, 15) is 4.79 Å². The van der Waals surface area contributed by atoms with E-state index in [1.807, 2.05) is 27.9 Å². The smallest absolute Gasteiger partial charge is 0.347 e. The van der Waals surface area contributed by atoms with Gasteiger partial charge < -0.3 is 10.0 Å². The summed E-state index contributed by atoms with van der Waals surface area (Å²) >= 11 is 1.30. The third-order valence-electron chi connectivity index (χ3n) is 2.21. The Bertz CT molecular complexity index is 372. The van der Waals surface area contributed by atoms with Crippen LogP contribution < -0.4 is 0 Å². The topological polar surface area (TPSA) is 53.4 Å². The van der Waals surface area contributed by atoms with Crippen LogP contribution >= 0.6 is 11.3 Å². The second-order valence-electron chi connectivity index (χ2n) is 4.34. The predicted octanol–water partition coefficient (Wildman–Crippen LogP) is 2.07. The standard InChI is InChI=1S/C11H18N2O2S/c1-7(2)9-10(11(14)15)16-8(12-9)5-6-13(3)4/h7H,5-6H2,1-4H3,(H,14,15). The summed E-state index contributed by atoms with van der Waals surface area (Å²) in [4.78, 5) is 17.9. The molecule has 0 saturated heterocycles. The number of aromatic carboxylic acids is 1. The van der Waals surface area contributed by atoms with Gasteiger partial charge in [0.25, 0.3) is 0 Å². The van der Waals surface area contributed by atoms with Crippen molar-refractivity contribution in [3.63, 3.8) is 0 Å². The lowest BCUT2D eigenvalue weighted by atomic mass is 10.1. The van der Waals surface area contributed by atoms with Gasteiger partial charge in [-0.3, -0.25) is 0 Å². The molecule has 0 saturated carbocycles. The van der Waals surface area contributed by atoms with E-state index >= 15 is 0 Å². The zero-order chi connectivity index (χ0) is 12.3. The van der Waals surface area contributed by atoms with Crippen molar-refractivity contribution in [1.82, 2.24) is 9.88 Å². The minimum absolute atomic E-state index is 0.162. The van der Waals surface area contributed by atoms with Crippen LogP contribution in [-0.2, 0) is 6.42 Å². The summed E-state index contributed by atoms with van der Waals surface area (Å²) in [6.07, 6.45) is 0.810.